The van der Waals surface area contributed by atoms with E-state index in [9.17, 15) is 24.1 Å². The molecule has 0 aromatic heterocycles. The fourth-order valence-corrected chi connectivity index (χ4v) is 7.07. The number of benzene rings is 1. The van der Waals surface area contributed by atoms with Crippen LogP contribution in [0.15, 0.2) is 18.2 Å². The molecule has 4 fully saturated rings. The fourth-order valence-electron chi connectivity index (χ4n) is 7.07. The van der Waals surface area contributed by atoms with Gasteiger partial charge in [0.2, 0.25) is 5.91 Å². The van der Waals surface area contributed by atoms with Crippen LogP contribution in [0.5, 0.6) is 0 Å². The Morgan fingerprint density at radius 2 is 1.95 bits per heavy atom. The minimum Gasteiger partial charge on any atom is -0.404 e. The Bertz CT molecular complexity index is 1250. The number of halogens is 1. The first-order valence-corrected chi connectivity index (χ1v) is 15.1. The highest BCUT2D eigenvalue weighted by Gasteiger charge is 2.68. The summed E-state index contributed by atoms with van der Waals surface area (Å²) in [5.74, 6) is -1.75. The molecule has 1 aromatic carbocycles. The van der Waals surface area contributed by atoms with Crippen molar-refractivity contribution >= 4 is 24.9 Å². The topological polar surface area (TPSA) is 168 Å². The summed E-state index contributed by atoms with van der Waals surface area (Å²) >= 11 is 0. The van der Waals surface area contributed by atoms with Crippen molar-refractivity contribution in [1.29, 1.82) is 5.41 Å². The minimum atomic E-state index is -1.05. The second kappa shape index (κ2) is 12.8. The van der Waals surface area contributed by atoms with E-state index in [1.54, 1.807) is 18.4 Å². The van der Waals surface area contributed by atoms with Gasteiger partial charge in [-0.25, -0.2) is 14.5 Å². The molecule has 1 saturated heterocycles. The maximum Gasteiger partial charge on any atom is 0.481 e. The van der Waals surface area contributed by atoms with Gasteiger partial charge in [-0.15, -0.1) is 0 Å². The lowest BCUT2D eigenvalue weighted by atomic mass is 9.43. The molecule has 0 radical (unpaired) electrons. The van der Waals surface area contributed by atoms with Gasteiger partial charge in [-0.05, 0) is 81.3 Å². The average molecular weight is 603 g/mol. The number of amides is 2. The summed E-state index contributed by atoms with van der Waals surface area (Å²) in [6.45, 7) is 12.6. The third-order valence-corrected chi connectivity index (χ3v) is 9.51. The van der Waals surface area contributed by atoms with Crippen LogP contribution in [0.2, 0.25) is 0 Å². The van der Waals surface area contributed by atoms with Gasteiger partial charge in [0.15, 0.2) is 5.03 Å². The van der Waals surface area contributed by atoms with E-state index in [0.717, 1.165) is 12.8 Å². The molecule has 2 amide bonds. The van der Waals surface area contributed by atoms with Crippen molar-refractivity contribution in [2.24, 2.45) is 23.2 Å². The van der Waals surface area contributed by atoms with Gasteiger partial charge in [0.1, 0.15) is 11.9 Å². The predicted molar refractivity (Wildman–Crippen MR) is 159 cm³/mol. The SMILES string of the molecule is Cc1ccc(F)c(C(=O)N[C@@H](CCCNC(=N)N[N+](=O)[O-])C(=O)N[C@@H](CC(C)C)B2O[C@@H]3C[C@@H]4C[C@@H](C4(C)C)[C@]3(C)O2)c1. The molecule has 1 heterocycles. The normalized spacial score (nSPS) is 26.5. The van der Waals surface area contributed by atoms with Crippen LogP contribution in [0.4, 0.5) is 4.39 Å². The van der Waals surface area contributed by atoms with Crippen LogP contribution >= 0.6 is 0 Å². The van der Waals surface area contributed by atoms with Gasteiger partial charge in [-0.2, -0.15) is 0 Å². The first-order chi connectivity index (χ1) is 20.1. The van der Waals surface area contributed by atoms with Crippen molar-refractivity contribution in [1.82, 2.24) is 21.4 Å². The number of rotatable bonds is 12. The number of nitrogens with one attached hydrogen (secondary N) is 5. The Labute approximate surface area is 252 Å². The van der Waals surface area contributed by atoms with Gasteiger partial charge in [-0.1, -0.05) is 44.8 Å². The number of guanidine groups is 1. The first kappa shape index (κ1) is 32.7. The van der Waals surface area contributed by atoms with E-state index in [2.05, 4.69) is 36.7 Å². The molecular formula is C29H44BFN6O6. The molecule has 12 nitrogen and oxygen atoms in total. The van der Waals surface area contributed by atoms with Crippen LogP contribution in [-0.4, -0.2) is 60.2 Å². The highest BCUT2D eigenvalue weighted by molar-refractivity contribution is 6.48. The quantitative estimate of drug-likeness (QED) is 0.0608. The number of nitrogens with zero attached hydrogens (tertiary/aromatic N) is 1. The summed E-state index contributed by atoms with van der Waals surface area (Å²) < 4.78 is 27.6. The molecule has 1 aromatic rings. The maximum atomic E-state index is 14.5. The lowest BCUT2D eigenvalue weighted by molar-refractivity contribution is -0.525. The average Bonchev–Trinajstić information content (AvgIpc) is 3.27. The van der Waals surface area contributed by atoms with E-state index in [1.165, 1.54) is 12.1 Å². The summed E-state index contributed by atoms with van der Waals surface area (Å²) in [6.07, 6.45) is 2.93. The van der Waals surface area contributed by atoms with Crippen LogP contribution in [0.1, 0.15) is 82.6 Å². The molecule has 0 unspecified atom stereocenters. The summed E-state index contributed by atoms with van der Waals surface area (Å²) in [5, 5.41) is 25.5. The zero-order chi connectivity index (χ0) is 31.7. The summed E-state index contributed by atoms with van der Waals surface area (Å²) in [6, 6.07) is 3.13. The lowest BCUT2D eigenvalue weighted by Crippen LogP contribution is -2.65. The van der Waals surface area contributed by atoms with Crippen LogP contribution in [0, 0.1) is 51.4 Å². The highest BCUT2D eigenvalue weighted by atomic mass is 19.1. The molecule has 5 rings (SSSR count). The van der Waals surface area contributed by atoms with Gasteiger partial charge in [0.25, 0.3) is 11.9 Å². The van der Waals surface area contributed by atoms with Crippen LogP contribution in [-0.2, 0) is 14.1 Å². The minimum absolute atomic E-state index is 0.0604. The van der Waals surface area contributed by atoms with E-state index in [1.807, 2.05) is 13.8 Å². The maximum absolute atomic E-state index is 14.5. The zero-order valence-corrected chi connectivity index (χ0v) is 25.8. The van der Waals surface area contributed by atoms with Gasteiger partial charge in [-0.3, -0.25) is 15.0 Å². The van der Waals surface area contributed by atoms with Crippen LogP contribution in [0.3, 0.4) is 0 Å². The number of nitro groups is 1. The van der Waals surface area contributed by atoms with E-state index in [0.29, 0.717) is 23.8 Å². The Morgan fingerprint density at radius 1 is 1.23 bits per heavy atom. The molecule has 5 N–H and O–H groups in total. The van der Waals surface area contributed by atoms with Crippen LogP contribution in [0.25, 0.3) is 0 Å². The van der Waals surface area contributed by atoms with E-state index in [4.69, 9.17) is 14.7 Å². The number of aryl methyl sites for hydroxylation is 1. The van der Waals surface area contributed by atoms with Gasteiger partial charge < -0.3 is 25.3 Å². The Balaban J connectivity index is 1.48. The molecule has 1 aliphatic heterocycles. The number of hydrogen-bond donors (Lipinski definition) is 5. The number of hydrazine groups is 1. The summed E-state index contributed by atoms with van der Waals surface area (Å²) in [5.41, 5.74) is 1.94. The second-order valence-corrected chi connectivity index (χ2v) is 13.4. The molecule has 6 atom stereocenters. The molecule has 3 aliphatic carbocycles. The lowest BCUT2D eigenvalue weighted by Gasteiger charge is -2.64. The Kier molecular flexibility index (Phi) is 9.70. The monoisotopic (exact) mass is 602 g/mol. The largest absolute Gasteiger partial charge is 0.481 e. The third-order valence-electron chi connectivity index (χ3n) is 9.51. The van der Waals surface area contributed by atoms with Crippen molar-refractivity contribution in [2.75, 3.05) is 6.54 Å². The molecule has 2 bridgehead atoms. The molecule has 4 aliphatic rings. The number of carbonyl (C=O) groups is 2. The summed E-state index contributed by atoms with van der Waals surface area (Å²) in [7, 11) is -0.655. The fraction of sp³-hybridized carbons (Fsp3) is 0.690. The molecule has 43 heavy (non-hydrogen) atoms. The standard InChI is InChI=1S/C29H44BFN6O6/c1-16(2)12-24(30-42-23-15-18-14-22(28(18,4)5)29(23,6)43-30)35-26(39)21(8-7-11-33-27(32)36-37(40)41)34-25(38)19-13-17(3)9-10-20(19)31/h9-10,13,16,18,21-24H,7-8,11-12,14-15H2,1-6H3,(H,34,38)(H,35,39)(H3,32,33,36)/t18-,21-,22-,23+,24-,29-/m0/s1. The van der Waals surface area contributed by atoms with Crippen molar-refractivity contribution < 1.29 is 28.3 Å². The molecular weight excluding hydrogens is 558 g/mol. The van der Waals surface area contributed by atoms with E-state index in [-0.39, 0.29) is 42.4 Å². The van der Waals surface area contributed by atoms with Crippen molar-refractivity contribution in [3.8, 4) is 0 Å². The molecule has 14 heteroatoms. The van der Waals surface area contributed by atoms with Gasteiger partial charge >= 0.3 is 7.12 Å². The zero-order valence-electron chi connectivity index (χ0n) is 25.8. The summed E-state index contributed by atoms with van der Waals surface area (Å²) in [4.78, 5) is 37.4. The van der Waals surface area contributed by atoms with Gasteiger partial charge in [0.05, 0.1) is 23.2 Å². The van der Waals surface area contributed by atoms with Crippen molar-refractivity contribution in [3.05, 3.63) is 45.3 Å². The van der Waals surface area contributed by atoms with Crippen molar-refractivity contribution in [3.63, 3.8) is 0 Å². The van der Waals surface area contributed by atoms with E-state index >= 15 is 0 Å². The molecule has 0 spiro atoms. The van der Waals surface area contributed by atoms with Crippen LogP contribution < -0.4 is 21.4 Å². The third kappa shape index (κ3) is 7.12. The second-order valence-electron chi connectivity index (χ2n) is 13.4. The Hall–Kier alpha value is -3.26. The molecule has 236 valence electrons. The molecule has 3 saturated carbocycles. The predicted octanol–water partition coefficient (Wildman–Crippen LogP) is 3.12. The van der Waals surface area contributed by atoms with Crippen molar-refractivity contribution in [2.45, 2.75) is 97.3 Å². The number of carbonyl (C=O) groups excluding carboxylic acids is 2. The Morgan fingerprint density at radius 3 is 2.60 bits per heavy atom. The first-order valence-electron chi connectivity index (χ1n) is 15.1. The number of hydrogen-bond acceptors (Lipinski definition) is 7. The van der Waals surface area contributed by atoms with E-state index < -0.39 is 53.3 Å². The van der Waals surface area contributed by atoms with Gasteiger partial charge in [0, 0.05) is 6.54 Å². The highest BCUT2D eigenvalue weighted by Crippen LogP contribution is 2.65. The smallest absolute Gasteiger partial charge is 0.404 e.